The van der Waals surface area contributed by atoms with Gasteiger partial charge in [0.2, 0.25) is 0 Å². The summed E-state index contributed by atoms with van der Waals surface area (Å²) in [5.41, 5.74) is 3.53. The smallest absolute Gasteiger partial charge is 0.165 e. The van der Waals surface area contributed by atoms with Gasteiger partial charge in [-0.25, -0.2) is 4.39 Å². The number of hydrogen-bond acceptors (Lipinski definition) is 3. The summed E-state index contributed by atoms with van der Waals surface area (Å²) in [6, 6.07) is 4.93. The van der Waals surface area contributed by atoms with Crippen molar-refractivity contribution >= 4 is 0 Å². The third-order valence-electron chi connectivity index (χ3n) is 2.81. The molecular formula is C13H16FN3O. The molecule has 0 aliphatic heterocycles. The fourth-order valence-electron chi connectivity index (χ4n) is 1.98. The standard InChI is InChI=1S/C13H16FN3O/c1-8-13(11(7-15-2)17-16-8)9-4-5-12(18-3)10(14)6-9/h4-6,15H,7H2,1-3H3,(H,16,17). The SMILES string of the molecule is CNCc1n[nH]c(C)c1-c1ccc(OC)c(F)c1. The number of aromatic amines is 1. The van der Waals surface area contributed by atoms with Crippen LogP contribution >= 0.6 is 0 Å². The number of nitrogens with zero attached hydrogens (tertiary/aromatic N) is 1. The third kappa shape index (κ3) is 2.22. The number of hydrogen-bond donors (Lipinski definition) is 2. The summed E-state index contributed by atoms with van der Waals surface area (Å²) >= 11 is 0. The largest absolute Gasteiger partial charge is 0.494 e. The Morgan fingerprint density at radius 2 is 2.22 bits per heavy atom. The molecular weight excluding hydrogens is 233 g/mol. The van der Waals surface area contributed by atoms with Crippen molar-refractivity contribution in [3.05, 3.63) is 35.4 Å². The van der Waals surface area contributed by atoms with Crippen molar-refractivity contribution in [3.8, 4) is 16.9 Å². The van der Waals surface area contributed by atoms with E-state index >= 15 is 0 Å². The highest BCUT2D eigenvalue weighted by Gasteiger charge is 2.13. The maximum Gasteiger partial charge on any atom is 0.165 e. The minimum Gasteiger partial charge on any atom is -0.494 e. The molecule has 5 heteroatoms. The van der Waals surface area contributed by atoms with Crippen LogP contribution in [-0.4, -0.2) is 24.4 Å². The first kappa shape index (κ1) is 12.6. The Labute approximate surface area is 105 Å². The number of halogens is 1. The first-order valence-corrected chi connectivity index (χ1v) is 5.69. The van der Waals surface area contributed by atoms with Crippen LogP contribution in [0.3, 0.4) is 0 Å². The van der Waals surface area contributed by atoms with Crippen LogP contribution in [0.2, 0.25) is 0 Å². The van der Waals surface area contributed by atoms with E-state index in [0.29, 0.717) is 6.54 Å². The van der Waals surface area contributed by atoms with Crippen LogP contribution < -0.4 is 10.1 Å². The predicted molar refractivity (Wildman–Crippen MR) is 68.0 cm³/mol. The quantitative estimate of drug-likeness (QED) is 0.873. The molecule has 0 unspecified atom stereocenters. The minimum atomic E-state index is -0.369. The number of H-pyrrole nitrogens is 1. The Morgan fingerprint density at radius 1 is 1.44 bits per heavy atom. The van der Waals surface area contributed by atoms with Crippen molar-refractivity contribution in [2.75, 3.05) is 14.2 Å². The van der Waals surface area contributed by atoms with Gasteiger partial charge in [0.25, 0.3) is 0 Å². The molecule has 0 aliphatic rings. The molecule has 0 fully saturated rings. The van der Waals surface area contributed by atoms with Gasteiger partial charge in [-0.15, -0.1) is 0 Å². The van der Waals surface area contributed by atoms with Crippen molar-refractivity contribution in [1.29, 1.82) is 0 Å². The molecule has 4 nitrogen and oxygen atoms in total. The molecule has 0 bridgehead atoms. The van der Waals surface area contributed by atoms with E-state index in [9.17, 15) is 4.39 Å². The molecule has 0 radical (unpaired) electrons. The molecule has 96 valence electrons. The van der Waals surface area contributed by atoms with Crippen LogP contribution in [0.15, 0.2) is 18.2 Å². The second kappa shape index (κ2) is 5.18. The average Bonchev–Trinajstić information content (AvgIpc) is 2.71. The van der Waals surface area contributed by atoms with Crippen molar-refractivity contribution in [2.45, 2.75) is 13.5 Å². The highest BCUT2D eigenvalue weighted by atomic mass is 19.1. The maximum atomic E-state index is 13.7. The van der Waals surface area contributed by atoms with Gasteiger partial charge < -0.3 is 10.1 Å². The zero-order valence-electron chi connectivity index (χ0n) is 10.7. The van der Waals surface area contributed by atoms with E-state index in [0.717, 1.165) is 22.5 Å². The van der Waals surface area contributed by atoms with Crippen molar-refractivity contribution in [1.82, 2.24) is 15.5 Å². The topological polar surface area (TPSA) is 49.9 Å². The molecule has 0 amide bonds. The Bertz CT molecular complexity index is 551. The summed E-state index contributed by atoms with van der Waals surface area (Å²) in [5, 5.41) is 10.2. The van der Waals surface area contributed by atoms with Gasteiger partial charge in [-0.1, -0.05) is 6.07 Å². The normalized spacial score (nSPS) is 10.7. The molecule has 0 atom stereocenters. The summed E-state index contributed by atoms with van der Waals surface area (Å²) in [4.78, 5) is 0. The summed E-state index contributed by atoms with van der Waals surface area (Å²) in [6.07, 6.45) is 0. The molecule has 2 N–H and O–H groups in total. The Balaban J connectivity index is 2.48. The number of nitrogens with one attached hydrogen (secondary N) is 2. The molecule has 0 aliphatic carbocycles. The van der Waals surface area contributed by atoms with Crippen LogP contribution in [0, 0.1) is 12.7 Å². The second-order valence-corrected chi connectivity index (χ2v) is 4.05. The summed E-state index contributed by atoms with van der Waals surface area (Å²) in [5.74, 6) is -0.124. The van der Waals surface area contributed by atoms with E-state index in [4.69, 9.17) is 4.74 Å². The van der Waals surface area contributed by atoms with Crippen LogP contribution in [0.4, 0.5) is 4.39 Å². The number of ether oxygens (including phenoxy) is 1. The van der Waals surface area contributed by atoms with E-state index in [2.05, 4.69) is 15.5 Å². The van der Waals surface area contributed by atoms with Crippen LogP contribution in [0.5, 0.6) is 5.75 Å². The van der Waals surface area contributed by atoms with Crippen molar-refractivity contribution < 1.29 is 9.13 Å². The number of aryl methyl sites for hydroxylation is 1. The monoisotopic (exact) mass is 249 g/mol. The molecule has 0 spiro atoms. The lowest BCUT2D eigenvalue weighted by Gasteiger charge is -2.07. The van der Waals surface area contributed by atoms with Gasteiger partial charge in [-0.05, 0) is 31.7 Å². The first-order chi connectivity index (χ1) is 8.67. The van der Waals surface area contributed by atoms with Gasteiger partial charge in [0.05, 0.1) is 12.8 Å². The van der Waals surface area contributed by atoms with Gasteiger partial charge >= 0.3 is 0 Å². The lowest BCUT2D eigenvalue weighted by Crippen LogP contribution is -2.06. The minimum absolute atomic E-state index is 0.245. The predicted octanol–water partition coefficient (Wildman–Crippen LogP) is 2.25. The molecule has 1 heterocycles. The molecule has 1 aromatic heterocycles. The molecule has 18 heavy (non-hydrogen) atoms. The van der Waals surface area contributed by atoms with Gasteiger partial charge in [-0.3, -0.25) is 5.10 Å². The van der Waals surface area contributed by atoms with Gasteiger partial charge in [0.1, 0.15) is 0 Å². The van der Waals surface area contributed by atoms with Crippen molar-refractivity contribution in [2.24, 2.45) is 0 Å². The Morgan fingerprint density at radius 3 is 2.83 bits per heavy atom. The first-order valence-electron chi connectivity index (χ1n) is 5.69. The number of rotatable bonds is 4. The number of aromatic nitrogens is 2. The van der Waals surface area contributed by atoms with Crippen LogP contribution in [0.1, 0.15) is 11.4 Å². The zero-order chi connectivity index (χ0) is 13.1. The van der Waals surface area contributed by atoms with Gasteiger partial charge in [0.15, 0.2) is 11.6 Å². The molecule has 0 saturated carbocycles. The van der Waals surface area contributed by atoms with Gasteiger partial charge in [-0.2, -0.15) is 5.10 Å². The molecule has 1 aromatic carbocycles. The van der Waals surface area contributed by atoms with Gasteiger partial charge in [0, 0.05) is 17.8 Å². The zero-order valence-corrected chi connectivity index (χ0v) is 10.7. The van der Waals surface area contributed by atoms with Crippen LogP contribution in [0.25, 0.3) is 11.1 Å². The number of methoxy groups -OCH3 is 1. The summed E-state index contributed by atoms with van der Waals surface area (Å²) < 4.78 is 18.6. The van der Waals surface area contributed by atoms with E-state index in [1.165, 1.54) is 13.2 Å². The van der Waals surface area contributed by atoms with E-state index in [1.807, 2.05) is 20.0 Å². The van der Waals surface area contributed by atoms with E-state index in [1.54, 1.807) is 6.07 Å². The lowest BCUT2D eigenvalue weighted by molar-refractivity contribution is 0.386. The second-order valence-electron chi connectivity index (χ2n) is 4.05. The Kier molecular flexibility index (Phi) is 3.62. The fourth-order valence-corrected chi connectivity index (χ4v) is 1.98. The third-order valence-corrected chi connectivity index (χ3v) is 2.81. The lowest BCUT2D eigenvalue weighted by atomic mass is 10.0. The molecule has 2 aromatic rings. The summed E-state index contributed by atoms with van der Waals surface area (Å²) in [7, 11) is 3.30. The van der Waals surface area contributed by atoms with Crippen molar-refractivity contribution in [3.63, 3.8) is 0 Å². The highest BCUT2D eigenvalue weighted by Crippen LogP contribution is 2.29. The van der Waals surface area contributed by atoms with E-state index < -0.39 is 0 Å². The van der Waals surface area contributed by atoms with E-state index in [-0.39, 0.29) is 11.6 Å². The highest BCUT2D eigenvalue weighted by molar-refractivity contribution is 5.69. The van der Waals surface area contributed by atoms with Crippen LogP contribution in [-0.2, 0) is 6.54 Å². The average molecular weight is 249 g/mol. The molecule has 0 saturated heterocycles. The number of benzene rings is 1. The summed E-state index contributed by atoms with van der Waals surface area (Å²) in [6.45, 7) is 2.55. The maximum absolute atomic E-state index is 13.7. The fraction of sp³-hybridized carbons (Fsp3) is 0.308. The molecule has 2 rings (SSSR count). The Hall–Kier alpha value is -1.88.